The lowest BCUT2D eigenvalue weighted by Crippen LogP contribution is -2.47. The highest BCUT2D eigenvalue weighted by atomic mass is 32.1. The molecule has 0 radical (unpaired) electrons. The van der Waals surface area contributed by atoms with Crippen LogP contribution in [0, 0.1) is 0 Å². The summed E-state index contributed by atoms with van der Waals surface area (Å²) < 4.78 is 11.4. The minimum Gasteiger partial charge on any atom is -0.444 e. The number of rotatable bonds is 2. The van der Waals surface area contributed by atoms with E-state index in [0.29, 0.717) is 6.61 Å². The van der Waals surface area contributed by atoms with Crippen molar-refractivity contribution in [1.29, 1.82) is 0 Å². The molecule has 1 aliphatic rings. The zero-order chi connectivity index (χ0) is 17.5. The van der Waals surface area contributed by atoms with Gasteiger partial charge in [-0.05, 0) is 52.1 Å². The first-order chi connectivity index (χ1) is 11.2. The number of carbonyl (C=O) groups excluding carboxylic acids is 1. The predicted molar refractivity (Wildman–Crippen MR) is 92.7 cm³/mol. The third kappa shape index (κ3) is 3.32. The Bertz CT molecular complexity index is 716. The van der Waals surface area contributed by atoms with E-state index in [4.69, 9.17) is 9.47 Å². The van der Waals surface area contributed by atoms with Crippen LogP contribution in [0.25, 0.3) is 10.6 Å². The fraction of sp³-hybridized carbons (Fsp3) is 0.529. The summed E-state index contributed by atoms with van der Waals surface area (Å²) in [6.07, 6.45) is -0.387. The molecule has 130 valence electrons. The second-order valence-electron chi connectivity index (χ2n) is 7.31. The Hall–Kier alpha value is -1.86. The Morgan fingerprint density at radius 1 is 1.50 bits per heavy atom. The average Bonchev–Trinajstić information content (AvgIpc) is 3.12. The molecule has 1 atom stereocenters. The number of aromatic nitrogens is 2. The van der Waals surface area contributed by atoms with Gasteiger partial charge in [0.2, 0.25) is 0 Å². The van der Waals surface area contributed by atoms with Crippen molar-refractivity contribution in [2.75, 3.05) is 6.61 Å². The number of nitrogens with one attached hydrogen (secondary N) is 1. The van der Waals surface area contributed by atoms with Crippen molar-refractivity contribution in [3.8, 4) is 10.6 Å². The van der Waals surface area contributed by atoms with Crippen LogP contribution in [0.3, 0.4) is 0 Å². The molecule has 0 spiro atoms. The second kappa shape index (κ2) is 5.89. The van der Waals surface area contributed by atoms with Crippen molar-refractivity contribution in [2.45, 2.75) is 52.0 Å². The zero-order valence-electron chi connectivity index (χ0n) is 14.6. The van der Waals surface area contributed by atoms with Crippen molar-refractivity contribution in [3.05, 3.63) is 29.3 Å². The standard InChI is InChI=1S/C17H23N3O3S/c1-16(2,3)23-15(21)20-13(10-22-17(20,4)5)11-9-12(19-18-11)14-7-6-8-24-14/h6-9,13H,10H2,1-5H3,(H,18,19)/t13-/m0/s1. The molecule has 24 heavy (non-hydrogen) atoms. The summed E-state index contributed by atoms with van der Waals surface area (Å²) >= 11 is 1.63. The highest BCUT2D eigenvalue weighted by Gasteiger charge is 2.47. The van der Waals surface area contributed by atoms with Gasteiger partial charge in [-0.3, -0.25) is 10.00 Å². The van der Waals surface area contributed by atoms with E-state index in [1.165, 1.54) is 0 Å². The minimum atomic E-state index is -0.735. The lowest BCUT2D eigenvalue weighted by molar-refractivity contribution is -0.0627. The molecule has 3 rings (SSSR count). The number of aromatic amines is 1. The average molecular weight is 349 g/mol. The Balaban J connectivity index is 1.87. The van der Waals surface area contributed by atoms with Gasteiger partial charge in [0.1, 0.15) is 23.1 Å². The van der Waals surface area contributed by atoms with Gasteiger partial charge in [0.15, 0.2) is 0 Å². The van der Waals surface area contributed by atoms with Gasteiger partial charge in [-0.1, -0.05) is 6.07 Å². The van der Waals surface area contributed by atoms with Crippen molar-refractivity contribution < 1.29 is 14.3 Å². The molecule has 1 amide bonds. The van der Waals surface area contributed by atoms with E-state index in [1.54, 1.807) is 16.2 Å². The number of hydrogen-bond donors (Lipinski definition) is 1. The third-order valence-corrected chi connectivity index (χ3v) is 4.70. The predicted octanol–water partition coefficient (Wildman–Crippen LogP) is 4.18. The molecule has 1 saturated heterocycles. The maximum absolute atomic E-state index is 12.7. The largest absolute Gasteiger partial charge is 0.444 e. The molecular weight excluding hydrogens is 326 g/mol. The number of amides is 1. The lowest BCUT2D eigenvalue weighted by atomic mass is 10.1. The maximum Gasteiger partial charge on any atom is 0.413 e. The molecule has 2 aromatic rings. The maximum atomic E-state index is 12.7. The molecule has 0 bridgehead atoms. The fourth-order valence-corrected chi connectivity index (χ4v) is 3.43. The summed E-state index contributed by atoms with van der Waals surface area (Å²) in [5.74, 6) is 0. The van der Waals surface area contributed by atoms with Crippen LogP contribution in [-0.2, 0) is 9.47 Å². The summed E-state index contributed by atoms with van der Waals surface area (Å²) in [6, 6.07) is 5.73. The van der Waals surface area contributed by atoms with E-state index < -0.39 is 11.3 Å². The number of thiophene rings is 1. The van der Waals surface area contributed by atoms with Crippen molar-refractivity contribution in [2.24, 2.45) is 0 Å². The van der Waals surface area contributed by atoms with E-state index in [9.17, 15) is 4.79 Å². The van der Waals surface area contributed by atoms with E-state index in [0.717, 1.165) is 16.3 Å². The molecule has 2 aromatic heterocycles. The Morgan fingerprint density at radius 3 is 2.88 bits per heavy atom. The van der Waals surface area contributed by atoms with Gasteiger partial charge in [0.25, 0.3) is 0 Å². The van der Waals surface area contributed by atoms with Gasteiger partial charge in [0.05, 0.1) is 17.2 Å². The van der Waals surface area contributed by atoms with E-state index in [2.05, 4.69) is 10.2 Å². The van der Waals surface area contributed by atoms with Crippen molar-refractivity contribution in [3.63, 3.8) is 0 Å². The molecule has 0 unspecified atom stereocenters. The summed E-state index contributed by atoms with van der Waals surface area (Å²) in [5, 5.41) is 9.43. The van der Waals surface area contributed by atoms with Gasteiger partial charge in [-0.25, -0.2) is 4.79 Å². The van der Waals surface area contributed by atoms with Crippen LogP contribution in [0.15, 0.2) is 23.6 Å². The highest BCUT2D eigenvalue weighted by Crippen LogP contribution is 2.38. The summed E-state index contributed by atoms with van der Waals surface area (Å²) in [6.45, 7) is 9.71. The molecular formula is C17H23N3O3S. The monoisotopic (exact) mass is 349 g/mol. The highest BCUT2D eigenvalue weighted by molar-refractivity contribution is 7.13. The minimum absolute atomic E-state index is 0.254. The van der Waals surface area contributed by atoms with Gasteiger partial charge in [0, 0.05) is 0 Å². The number of ether oxygens (including phenoxy) is 2. The fourth-order valence-electron chi connectivity index (χ4n) is 2.75. The quantitative estimate of drug-likeness (QED) is 0.883. The lowest BCUT2D eigenvalue weighted by Gasteiger charge is -2.34. The molecule has 7 heteroatoms. The normalized spacial score (nSPS) is 20.4. The molecule has 1 fully saturated rings. The van der Waals surface area contributed by atoms with Gasteiger partial charge in [-0.2, -0.15) is 5.10 Å². The number of H-pyrrole nitrogens is 1. The molecule has 0 saturated carbocycles. The van der Waals surface area contributed by atoms with E-state index in [1.807, 2.05) is 58.2 Å². The van der Waals surface area contributed by atoms with Crippen LogP contribution in [0.2, 0.25) is 0 Å². The molecule has 0 aliphatic carbocycles. The Labute approximate surface area is 145 Å². The first-order valence-corrected chi connectivity index (χ1v) is 8.81. The third-order valence-electron chi connectivity index (χ3n) is 3.81. The SMILES string of the molecule is CC(C)(C)OC(=O)N1[C@H](c2cc(-c3cccs3)n[nH]2)COC1(C)C. The summed E-state index contributed by atoms with van der Waals surface area (Å²) in [4.78, 5) is 15.4. The van der Waals surface area contributed by atoms with Gasteiger partial charge >= 0.3 is 6.09 Å². The topological polar surface area (TPSA) is 67.5 Å². The Morgan fingerprint density at radius 2 is 2.25 bits per heavy atom. The molecule has 0 aromatic carbocycles. The molecule has 3 heterocycles. The molecule has 6 nitrogen and oxygen atoms in total. The first-order valence-electron chi connectivity index (χ1n) is 7.93. The molecule has 1 N–H and O–H groups in total. The first kappa shape index (κ1) is 17.0. The van der Waals surface area contributed by atoms with E-state index >= 15 is 0 Å². The van der Waals surface area contributed by atoms with Crippen LogP contribution < -0.4 is 0 Å². The molecule has 1 aliphatic heterocycles. The summed E-state index contributed by atoms with van der Waals surface area (Å²) in [5.41, 5.74) is 0.418. The van der Waals surface area contributed by atoms with Crippen LogP contribution in [0.1, 0.15) is 46.4 Å². The van der Waals surface area contributed by atoms with Crippen LogP contribution in [0.4, 0.5) is 4.79 Å². The van der Waals surface area contributed by atoms with Crippen LogP contribution in [0.5, 0.6) is 0 Å². The second-order valence-corrected chi connectivity index (χ2v) is 8.26. The van der Waals surface area contributed by atoms with Crippen LogP contribution >= 0.6 is 11.3 Å². The zero-order valence-corrected chi connectivity index (χ0v) is 15.4. The number of nitrogens with zero attached hydrogens (tertiary/aromatic N) is 2. The van der Waals surface area contributed by atoms with Gasteiger partial charge < -0.3 is 9.47 Å². The van der Waals surface area contributed by atoms with E-state index in [-0.39, 0.29) is 12.1 Å². The summed E-state index contributed by atoms with van der Waals surface area (Å²) in [7, 11) is 0. The Kier molecular flexibility index (Phi) is 4.17. The van der Waals surface area contributed by atoms with Crippen LogP contribution in [-0.4, -0.2) is 39.1 Å². The number of hydrogen-bond acceptors (Lipinski definition) is 5. The van der Waals surface area contributed by atoms with Crippen molar-refractivity contribution in [1.82, 2.24) is 15.1 Å². The van der Waals surface area contributed by atoms with Gasteiger partial charge in [-0.15, -0.1) is 11.3 Å². The van der Waals surface area contributed by atoms with Crippen molar-refractivity contribution >= 4 is 17.4 Å². The smallest absolute Gasteiger partial charge is 0.413 e. The number of carbonyl (C=O) groups is 1.